The van der Waals surface area contributed by atoms with Gasteiger partial charge in [0, 0.05) is 0 Å². The number of benzene rings is 1. The van der Waals surface area contributed by atoms with E-state index in [-0.39, 0.29) is 0 Å². The third-order valence-electron chi connectivity index (χ3n) is 2.65. The molecular weight excluding hydrogens is 167 g/mol. The SMILES string of the molecule is C[B]c1ccc(C2=CC=C(C)C2)cc1. The molecule has 1 aliphatic rings. The van der Waals surface area contributed by atoms with Gasteiger partial charge in [0.05, 0.1) is 0 Å². The van der Waals surface area contributed by atoms with Crippen molar-refractivity contribution >= 4 is 18.3 Å². The van der Waals surface area contributed by atoms with Crippen molar-refractivity contribution in [3.63, 3.8) is 0 Å². The molecule has 2 rings (SSSR count). The minimum Gasteiger partial charge on any atom is -0.0881 e. The summed E-state index contributed by atoms with van der Waals surface area (Å²) in [6.45, 7) is 4.24. The Labute approximate surface area is 86.6 Å². The molecule has 0 aliphatic heterocycles. The maximum absolute atomic E-state index is 2.22. The van der Waals surface area contributed by atoms with E-state index in [4.69, 9.17) is 0 Å². The largest absolute Gasteiger partial charge is 0.148 e. The predicted octanol–water partition coefficient (Wildman–Crippen LogP) is 2.80. The summed E-state index contributed by atoms with van der Waals surface area (Å²) in [7, 11) is 2.12. The first-order valence-corrected chi connectivity index (χ1v) is 5.06. The van der Waals surface area contributed by atoms with E-state index in [1.54, 1.807) is 0 Å². The molecule has 0 atom stereocenters. The first kappa shape index (κ1) is 9.33. The molecule has 0 bridgehead atoms. The highest BCUT2D eigenvalue weighted by molar-refractivity contribution is 6.51. The van der Waals surface area contributed by atoms with Gasteiger partial charge in [-0.15, -0.1) is 0 Å². The molecule has 1 heteroatoms. The van der Waals surface area contributed by atoms with Crippen LogP contribution in [0.1, 0.15) is 18.9 Å². The number of rotatable bonds is 2. The van der Waals surface area contributed by atoms with Gasteiger partial charge in [-0.1, -0.05) is 54.3 Å². The summed E-state index contributed by atoms with van der Waals surface area (Å²) in [6.07, 6.45) is 5.53. The molecule has 0 unspecified atom stereocenters. The maximum atomic E-state index is 2.22. The van der Waals surface area contributed by atoms with Crippen LogP contribution in [0.15, 0.2) is 42.0 Å². The van der Waals surface area contributed by atoms with E-state index in [2.05, 4.69) is 57.4 Å². The van der Waals surface area contributed by atoms with Gasteiger partial charge in [-0.3, -0.25) is 0 Å². The molecule has 1 aromatic rings. The van der Waals surface area contributed by atoms with Gasteiger partial charge >= 0.3 is 0 Å². The average molecular weight is 181 g/mol. The zero-order valence-electron chi connectivity index (χ0n) is 8.75. The summed E-state index contributed by atoms with van der Waals surface area (Å²) in [5, 5.41) is 0. The Kier molecular flexibility index (Phi) is 2.58. The molecule has 69 valence electrons. The molecule has 0 saturated heterocycles. The van der Waals surface area contributed by atoms with Crippen LogP contribution in [0.5, 0.6) is 0 Å². The lowest BCUT2D eigenvalue weighted by molar-refractivity contribution is 1.26. The standard InChI is InChI=1S/C13H14B/c1-10-3-4-12(9-10)11-5-7-13(14-2)8-6-11/h3-8H,9H2,1-2H3. The Bertz CT molecular complexity index is 382. The molecule has 14 heavy (non-hydrogen) atoms. The van der Waals surface area contributed by atoms with E-state index in [0.29, 0.717) is 0 Å². The average Bonchev–Trinajstić information content (AvgIpc) is 2.65. The molecule has 1 aromatic carbocycles. The van der Waals surface area contributed by atoms with Gasteiger partial charge in [0.25, 0.3) is 0 Å². The second-order valence-electron chi connectivity index (χ2n) is 3.79. The zero-order chi connectivity index (χ0) is 9.97. The quantitative estimate of drug-likeness (QED) is 0.615. The molecule has 1 radical (unpaired) electrons. The number of allylic oxidation sites excluding steroid dienone is 4. The summed E-state index contributed by atoms with van der Waals surface area (Å²) >= 11 is 0. The summed E-state index contributed by atoms with van der Waals surface area (Å²) in [5.41, 5.74) is 5.53. The summed E-state index contributed by atoms with van der Waals surface area (Å²) in [5.74, 6) is 0. The van der Waals surface area contributed by atoms with Crippen molar-refractivity contribution in [1.29, 1.82) is 0 Å². The fourth-order valence-corrected chi connectivity index (χ4v) is 1.75. The molecule has 0 amide bonds. The second kappa shape index (κ2) is 3.87. The third-order valence-corrected chi connectivity index (χ3v) is 2.65. The van der Waals surface area contributed by atoms with Crippen molar-refractivity contribution in [3.8, 4) is 0 Å². The van der Waals surface area contributed by atoms with Crippen molar-refractivity contribution < 1.29 is 0 Å². The minimum absolute atomic E-state index is 1.11. The van der Waals surface area contributed by atoms with Crippen molar-refractivity contribution in [2.45, 2.75) is 20.2 Å². The highest BCUT2D eigenvalue weighted by Gasteiger charge is 2.06. The third kappa shape index (κ3) is 1.82. The second-order valence-corrected chi connectivity index (χ2v) is 3.79. The Morgan fingerprint density at radius 3 is 2.29 bits per heavy atom. The fourth-order valence-electron chi connectivity index (χ4n) is 1.75. The first-order chi connectivity index (χ1) is 6.79. The molecule has 0 nitrogen and oxygen atoms in total. The van der Waals surface area contributed by atoms with Crippen LogP contribution in [0.25, 0.3) is 5.57 Å². The molecule has 0 aromatic heterocycles. The van der Waals surface area contributed by atoms with Gasteiger partial charge in [-0.2, -0.15) is 0 Å². The van der Waals surface area contributed by atoms with Gasteiger partial charge in [0.2, 0.25) is 0 Å². The lowest BCUT2D eigenvalue weighted by Crippen LogP contribution is -2.09. The van der Waals surface area contributed by atoms with E-state index in [0.717, 1.165) is 6.42 Å². The molecule has 1 aliphatic carbocycles. The van der Waals surface area contributed by atoms with Crippen LogP contribution in [0.2, 0.25) is 6.82 Å². The summed E-state index contributed by atoms with van der Waals surface area (Å²) in [6, 6.07) is 8.74. The fraction of sp³-hybridized carbons (Fsp3) is 0.231. The number of hydrogen-bond acceptors (Lipinski definition) is 0. The Hall–Kier alpha value is -1.24. The van der Waals surface area contributed by atoms with Crippen LogP contribution in [-0.2, 0) is 0 Å². The van der Waals surface area contributed by atoms with Crippen LogP contribution in [-0.4, -0.2) is 7.28 Å². The molecular formula is C13H14B. The van der Waals surface area contributed by atoms with E-state index >= 15 is 0 Å². The van der Waals surface area contributed by atoms with E-state index in [1.807, 2.05) is 0 Å². The summed E-state index contributed by atoms with van der Waals surface area (Å²) in [4.78, 5) is 0. The maximum Gasteiger partial charge on any atom is 0.148 e. The van der Waals surface area contributed by atoms with Crippen LogP contribution in [0.3, 0.4) is 0 Å². The van der Waals surface area contributed by atoms with E-state index < -0.39 is 0 Å². The van der Waals surface area contributed by atoms with Crippen LogP contribution < -0.4 is 5.46 Å². The smallest absolute Gasteiger partial charge is 0.0881 e. The normalized spacial score (nSPS) is 15.0. The van der Waals surface area contributed by atoms with Gasteiger partial charge < -0.3 is 0 Å². The lowest BCUT2D eigenvalue weighted by atomic mass is 9.73. The molecule has 0 saturated carbocycles. The highest BCUT2D eigenvalue weighted by Crippen LogP contribution is 2.26. The number of hydrogen-bond donors (Lipinski definition) is 0. The highest BCUT2D eigenvalue weighted by atomic mass is 14.1. The van der Waals surface area contributed by atoms with Crippen LogP contribution in [0.4, 0.5) is 0 Å². The van der Waals surface area contributed by atoms with Crippen LogP contribution >= 0.6 is 0 Å². The van der Waals surface area contributed by atoms with E-state index in [9.17, 15) is 0 Å². The Morgan fingerprint density at radius 2 is 1.79 bits per heavy atom. The zero-order valence-corrected chi connectivity index (χ0v) is 8.75. The van der Waals surface area contributed by atoms with Crippen molar-refractivity contribution in [2.75, 3.05) is 0 Å². The molecule has 0 fully saturated rings. The van der Waals surface area contributed by atoms with Gasteiger partial charge in [0.15, 0.2) is 0 Å². The Balaban J connectivity index is 2.19. The predicted molar refractivity (Wildman–Crippen MR) is 64.0 cm³/mol. The van der Waals surface area contributed by atoms with Crippen molar-refractivity contribution in [3.05, 3.63) is 47.6 Å². The summed E-state index contributed by atoms with van der Waals surface area (Å²) < 4.78 is 0. The van der Waals surface area contributed by atoms with Crippen molar-refractivity contribution in [2.24, 2.45) is 0 Å². The first-order valence-electron chi connectivity index (χ1n) is 5.06. The van der Waals surface area contributed by atoms with Crippen molar-refractivity contribution in [1.82, 2.24) is 0 Å². The topological polar surface area (TPSA) is 0 Å². The minimum atomic E-state index is 1.11. The van der Waals surface area contributed by atoms with Crippen LogP contribution in [0, 0.1) is 0 Å². The molecule has 0 spiro atoms. The van der Waals surface area contributed by atoms with Gasteiger partial charge in [-0.05, 0) is 24.5 Å². The Morgan fingerprint density at radius 1 is 1.07 bits per heavy atom. The lowest BCUT2D eigenvalue weighted by Gasteiger charge is -2.04. The monoisotopic (exact) mass is 181 g/mol. The van der Waals surface area contributed by atoms with Gasteiger partial charge in [-0.25, -0.2) is 0 Å². The van der Waals surface area contributed by atoms with Gasteiger partial charge in [0.1, 0.15) is 7.28 Å². The van der Waals surface area contributed by atoms with E-state index in [1.165, 1.54) is 22.2 Å². The molecule has 0 heterocycles. The molecule has 0 N–H and O–H groups in total.